The van der Waals surface area contributed by atoms with Crippen LogP contribution in [0.15, 0.2) is 12.3 Å². The van der Waals surface area contributed by atoms with Gasteiger partial charge in [0.1, 0.15) is 5.82 Å². The van der Waals surface area contributed by atoms with Crippen LogP contribution in [0.1, 0.15) is 31.9 Å². The van der Waals surface area contributed by atoms with Crippen molar-refractivity contribution >= 4 is 12.0 Å². The molecule has 0 saturated carbocycles. The summed E-state index contributed by atoms with van der Waals surface area (Å²) >= 11 is 0. The monoisotopic (exact) mass is 208 g/mol. The van der Waals surface area contributed by atoms with E-state index in [1.54, 1.807) is 18.5 Å². The Labute approximate surface area is 90.0 Å². The molecule has 1 heterocycles. The van der Waals surface area contributed by atoms with E-state index in [1.165, 1.54) is 4.74 Å². The molecule has 0 atom stereocenters. The zero-order valence-electron chi connectivity index (χ0n) is 9.65. The first kappa shape index (κ1) is 11.5. The van der Waals surface area contributed by atoms with Gasteiger partial charge in [0.25, 0.3) is 0 Å². The Kier molecular flexibility index (Phi) is 2.98. The van der Waals surface area contributed by atoms with Gasteiger partial charge in [-0.05, 0) is 23.3 Å². The second-order valence-corrected chi connectivity index (χ2v) is 4.61. The molecule has 0 fully saturated rings. The van der Waals surface area contributed by atoms with E-state index >= 15 is 0 Å². The SMILES string of the molecule is Cc1cc(N)ncc1/C=[N+](\O)C(C)(C)C. The number of aromatic nitrogens is 1. The number of hydrogen-bond acceptors (Lipinski definition) is 3. The van der Waals surface area contributed by atoms with E-state index in [0.717, 1.165) is 11.1 Å². The van der Waals surface area contributed by atoms with Gasteiger partial charge in [-0.15, -0.1) is 0 Å². The van der Waals surface area contributed by atoms with Crippen molar-refractivity contribution < 1.29 is 9.95 Å². The summed E-state index contributed by atoms with van der Waals surface area (Å²) in [6.45, 7) is 7.69. The zero-order valence-corrected chi connectivity index (χ0v) is 9.65. The molecule has 15 heavy (non-hydrogen) atoms. The molecule has 0 aromatic carbocycles. The molecule has 4 nitrogen and oxygen atoms in total. The first-order valence-corrected chi connectivity index (χ1v) is 4.86. The van der Waals surface area contributed by atoms with Gasteiger partial charge in [-0.25, -0.2) is 4.98 Å². The fourth-order valence-corrected chi connectivity index (χ4v) is 1.05. The summed E-state index contributed by atoms with van der Waals surface area (Å²) in [5.74, 6) is 0.491. The molecule has 1 aromatic heterocycles. The summed E-state index contributed by atoms with van der Waals surface area (Å²) in [6.07, 6.45) is 3.31. The number of nitrogens with zero attached hydrogens (tertiary/aromatic N) is 2. The van der Waals surface area contributed by atoms with E-state index in [4.69, 9.17) is 5.73 Å². The second-order valence-electron chi connectivity index (χ2n) is 4.61. The molecule has 0 aliphatic carbocycles. The third-order valence-electron chi connectivity index (χ3n) is 2.12. The Balaban J connectivity index is 3.09. The molecule has 3 N–H and O–H groups in total. The van der Waals surface area contributed by atoms with Crippen LogP contribution in [0.4, 0.5) is 5.82 Å². The molecule has 1 aromatic rings. The minimum absolute atomic E-state index is 0.326. The van der Waals surface area contributed by atoms with Gasteiger partial charge >= 0.3 is 0 Å². The lowest BCUT2D eigenvalue weighted by molar-refractivity contribution is -0.816. The smallest absolute Gasteiger partial charge is 0.225 e. The van der Waals surface area contributed by atoms with Crippen LogP contribution in [-0.2, 0) is 0 Å². The van der Waals surface area contributed by atoms with Crippen LogP contribution in [0.2, 0.25) is 0 Å². The van der Waals surface area contributed by atoms with Crippen LogP contribution in [0.3, 0.4) is 0 Å². The first-order chi connectivity index (χ1) is 6.80. The van der Waals surface area contributed by atoms with E-state index in [-0.39, 0.29) is 5.54 Å². The van der Waals surface area contributed by atoms with Crippen molar-refractivity contribution in [3.05, 3.63) is 23.4 Å². The van der Waals surface area contributed by atoms with Gasteiger partial charge in [-0.2, -0.15) is 0 Å². The maximum Gasteiger partial charge on any atom is 0.225 e. The largest absolute Gasteiger partial charge is 0.384 e. The molecule has 0 amide bonds. The summed E-state index contributed by atoms with van der Waals surface area (Å²) < 4.78 is 1.17. The van der Waals surface area contributed by atoms with Crippen LogP contribution in [0.25, 0.3) is 0 Å². The molecule has 0 aliphatic heterocycles. The van der Waals surface area contributed by atoms with E-state index in [2.05, 4.69) is 4.98 Å². The molecule has 1 rings (SSSR count). The minimum atomic E-state index is -0.326. The molecule has 82 valence electrons. The Bertz CT molecular complexity index is 391. The topological polar surface area (TPSA) is 62.1 Å². The van der Waals surface area contributed by atoms with Crippen LogP contribution in [0, 0.1) is 6.92 Å². The molecule has 0 unspecified atom stereocenters. The first-order valence-electron chi connectivity index (χ1n) is 4.86. The molecular weight excluding hydrogens is 190 g/mol. The lowest BCUT2D eigenvalue weighted by atomic mass is 10.1. The highest BCUT2D eigenvalue weighted by atomic mass is 16.5. The van der Waals surface area contributed by atoms with Gasteiger partial charge in [0, 0.05) is 27.0 Å². The predicted octanol–water partition coefficient (Wildman–Crippen LogP) is 1.59. The number of rotatable bonds is 1. The lowest BCUT2D eigenvalue weighted by Crippen LogP contribution is -2.31. The number of hydroxylamine groups is 1. The maximum atomic E-state index is 9.75. The van der Waals surface area contributed by atoms with Crippen molar-refractivity contribution in [1.29, 1.82) is 0 Å². The fraction of sp³-hybridized carbons (Fsp3) is 0.455. The van der Waals surface area contributed by atoms with Crippen molar-refractivity contribution in [1.82, 2.24) is 4.98 Å². The number of hydrogen-bond donors (Lipinski definition) is 2. The highest BCUT2D eigenvalue weighted by molar-refractivity contribution is 5.77. The third kappa shape index (κ3) is 2.94. The van der Waals surface area contributed by atoms with Gasteiger partial charge in [0.2, 0.25) is 11.8 Å². The molecule has 0 saturated heterocycles. The van der Waals surface area contributed by atoms with Gasteiger partial charge in [0.05, 0.1) is 5.56 Å². The van der Waals surface area contributed by atoms with Gasteiger partial charge < -0.3 is 5.73 Å². The summed E-state index contributed by atoms with van der Waals surface area (Å²) in [5, 5.41) is 9.75. The molecule has 0 aliphatic rings. The summed E-state index contributed by atoms with van der Waals surface area (Å²) in [4.78, 5) is 3.98. The van der Waals surface area contributed by atoms with Gasteiger partial charge in [-0.3, -0.25) is 5.21 Å². The maximum absolute atomic E-state index is 9.75. The zero-order chi connectivity index (χ0) is 11.6. The quantitative estimate of drug-likeness (QED) is 0.319. The summed E-state index contributed by atoms with van der Waals surface area (Å²) in [5.41, 5.74) is 7.07. The number of anilines is 1. The summed E-state index contributed by atoms with van der Waals surface area (Å²) in [7, 11) is 0. The number of nitrogen functional groups attached to an aromatic ring is 1. The standard InChI is InChI=1S/C11H17N3O/c1-8-5-10(12)13-6-9(8)7-14(15)11(2,3)4/h5-7,12,15H,1-4H3/p+1. The second kappa shape index (κ2) is 3.88. The normalized spacial score (nSPS) is 12.9. The Morgan fingerprint density at radius 3 is 2.53 bits per heavy atom. The van der Waals surface area contributed by atoms with Gasteiger partial charge in [-0.1, -0.05) is 0 Å². The van der Waals surface area contributed by atoms with Crippen LogP contribution >= 0.6 is 0 Å². The molecule has 0 radical (unpaired) electrons. The number of nitrogens with two attached hydrogens (primary N) is 1. The highest BCUT2D eigenvalue weighted by Crippen LogP contribution is 2.09. The molecule has 4 heteroatoms. The van der Waals surface area contributed by atoms with Crippen LogP contribution in [0.5, 0.6) is 0 Å². The van der Waals surface area contributed by atoms with Crippen molar-refractivity contribution in [2.75, 3.05) is 5.73 Å². The number of pyridine rings is 1. The highest BCUT2D eigenvalue weighted by Gasteiger charge is 2.24. The molecule has 0 bridgehead atoms. The van der Waals surface area contributed by atoms with Crippen molar-refractivity contribution in [2.45, 2.75) is 33.2 Å². The third-order valence-corrected chi connectivity index (χ3v) is 2.12. The average Bonchev–Trinajstić information content (AvgIpc) is 2.08. The lowest BCUT2D eigenvalue weighted by Gasteiger charge is -2.09. The Hall–Kier alpha value is -1.58. The van der Waals surface area contributed by atoms with E-state index in [0.29, 0.717) is 5.82 Å². The van der Waals surface area contributed by atoms with E-state index in [1.807, 2.05) is 27.7 Å². The number of aryl methyl sites for hydroxylation is 1. The van der Waals surface area contributed by atoms with Crippen LogP contribution in [-0.4, -0.2) is 26.7 Å². The fourth-order valence-electron chi connectivity index (χ4n) is 1.05. The Morgan fingerprint density at radius 2 is 2.07 bits per heavy atom. The van der Waals surface area contributed by atoms with Gasteiger partial charge in [0.15, 0.2) is 0 Å². The molecule has 0 spiro atoms. The Morgan fingerprint density at radius 1 is 1.47 bits per heavy atom. The van der Waals surface area contributed by atoms with Crippen molar-refractivity contribution in [3.63, 3.8) is 0 Å². The average molecular weight is 208 g/mol. The summed E-state index contributed by atoms with van der Waals surface area (Å²) in [6, 6.07) is 1.78. The minimum Gasteiger partial charge on any atom is -0.384 e. The van der Waals surface area contributed by atoms with E-state index in [9.17, 15) is 5.21 Å². The van der Waals surface area contributed by atoms with E-state index < -0.39 is 0 Å². The molecular formula is C11H18N3O+. The van der Waals surface area contributed by atoms with Crippen molar-refractivity contribution in [2.24, 2.45) is 0 Å². The van der Waals surface area contributed by atoms with Crippen LogP contribution < -0.4 is 5.73 Å². The van der Waals surface area contributed by atoms with Crippen molar-refractivity contribution in [3.8, 4) is 0 Å². The predicted molar refractivity (Wildman–Crippen MR) is 60.4 cm³/mol.